The van der Waals surface area contributed by atoms with Crippen molar-refractivity contribution in [1.82, 2.24) is 0 Å². The average Bonchev–Trinajstić information content (AvgIpc) is 2.39. The van der Waals surface area contributed by atoms with Crippen molar-refractivity contribution in [3.05, 3.63) is 53.8 Å². The first-order chi connectivity index (χ1) is 8.74. The molecule has 0 aliphatic rings. The fraction of sp³-hybridized carbons (Fsp3) is 0.0714. The number of halogens is 1. The Hall–Kier alpha value is -1.99. The SMILES string of the molecule is CSc1ccccc1Nc1ccc(C#N)c(F)c1. The Labute approximate surface area is 109 Å². The number of anilines is 2. The molecule has 0 aliphatic heterocycles. The summed E-state index contributed by atoms with van der Waals surface area (Å²) in [6.07, 6.45) is 1.99. The molecule has 0 unspecified atom stereocenters. The third-order valence-electron chi connectivity index (χ3n) is 2.48. The van der Waals surface area contributed by atoms with Gasteiger partial charge in [0.15, 0.2) is 0 Å². The molecule has 0 saturated carbocycles. The summed E-state index contributed by atoms with van der Waals surface area (Å²) in [5.74, 6) is -0.510. The summed E-state index contributed by atoms with van der Waals surface area (Å²) in [6, 6.07) is 14.1. The van der Waals surface area contributed by atoms with E-state index in [4.69, 9.17) is 5.26 Å². The lowest BCUT2D eigenvalue weighted by Gasteiger charge is -2.10. The van der Waals surface area contributed by atoms with Crippen LogP contribution in [0.4, 0.5) is 15.8 Å². The summed E-state index contributed by atoms with van der Waals surface area (Å²) in [7, 11) is 0. The molecule has 0 radical (unpaired) electrons. The predicted octanol–water partition coefficient (Wildman–Crippen LogP) is 4.16. The molecule has 2 aromatic carbocycles. The Balaban J connectivity index is 2.29. The van der Waals surface area contributed by atoms with Crippen molar-refractivity contribution >= 4 is 23.1 Å². The summed E-state index contributed by atoms with van der Waals surface area (Å²) in [5, 5.41) is 11.8. The zero-order valence-corrected chi connectivity index (χ0v) is 10.6. The van der Waals surface area contributed by atoms with Crippen molar-refractivity contribution in [1.29, 1.82) is 5.26 Å². The molecule has 0 heterocycles. The van der Waals surface area contributed by atoms with Crippen LogP contribution >= 0.6 is 11.8 Å². The maximum absolute atomic E-state index is 13.5. The van der Waals surface area contributed by atoms with Crippen LogP contribution in [0.15, 0.2) is 47.4 Å². The van der Waals surface area contributed by atoms with Crippen LogP contribution in [0.1, 0.15) is 5.56 Å². The van der Waals surface area contributed by atoms with Crippen molar-refractivity contribution in [2.24, 2.45) is 0 Å². The van der Waals surface area contributed by atoms with Gasteiger partial charge in [0.05, 0.1) is 11.3 Å². The third kappa shape index (κ3) is 2.63. The quantitative estimate of drug-likeness (QED) is 0.839. The van der Waals surface area contributed by atoms with Gasteiger partial charge >= 0.3 is 0 Å². The van der Waals surface area contributed by atoms with Crippen LogP contribution in [0.2, 0.25) is 0 Å². The molecule has 2 rings (SSSR count). The molecule has 0 atom stereocenters. The van der Waals surface area contributed by atoms with E-state index < -0.39 is 5.82 Å². The van der Waals surface area contributed by atoms with Gasteiger partial charge in [-0.05, 0) is 36.6 Å². The first-order valence-corrected chi connectivity index (χ1v) is 6.57. The highest BCUT2D eigenvalue weighted by molar-refractivity contribution is 7.98. The van der Waals surface area contributed by atoms with E-state index >= 15 is 0 Å². The summed E-state index contributed by atoms with van der Waals surface area (Å²) >= 11 is 1.62. The largest absolute Gasteiger partial charge is 0.355 e. The fourth-order valence-electron chi connectivity index (χ4n) is 1.59. The first kappa shape index (κ1) is 12.5. The Morgan fingerprint density at radius 2 is 2.00 bits per heavy atom. The summed E-state index contributed by atoms with van der Waals surface area (Å²) in [4.78, 5) is 1.09. The van der Waals surface area contributed by atoms with Crippen molar-refractivity contribution in [3.8, 4) is 6.07 Å². The van der Waals surface area contributed by atoms with Gasteiger partial charge in [0.1, 0.15) is 11.9 Å². The third-order valence-corrected chi connectivity index (χ3v) is 3.27. The molecule has 0 aliphatic carbocycles. The number of thioether (sulfide) groups is 1. The van der Waals surface area contributed by atoms with Gasteiger partial charge in [-0.25, -0.2) is 4.39 Å². The smallest absolute Gasteiger partial charge is 0.143 e. The van der Waals surface area contributed by atoms with Gasteiger partial charge in [0.25, 0.3) is 0 Å². The molecule has 0 aromatic heterocycles. The van der Waals surface area contributed by atoms with Crippen LogP contribution < -0.4 is 5.32 Å². The summed E-state index contributed by atoms with van der Waals surface area (Å²) in [6.45, 7) is 0. The number of hydrogen-bond acceptors (Lipinski definition) is 3. The minimum atomic E-state index is -0.510. The zero-order chi connectivity index (χ0) is 13.0. The van der Waals surface area contributed by atoms with E-state index in [0.717, 1.165) is 10.6 Å². The first-order valence-electron chi connectivity index (χ1n) is 5.34. The lowest BCUT2D eigenvalue weighted by Crippen LogP contribution is -1.94. The Kier molecular flexibility index (Phi) is 3.85. The molecule has 0 saturated heterocycles. The van der Waals surface area contributed by atoms with E-state index in [-0.39, 0.29) is 5.56 Å². The number of nitriles is 1. The van der Waals surface area contributed by atoms with Gasteiger partial charge in [-0.2, -0.15) is 5.26 Å². The van der Waals surface area contributed by atoms with Crippen molar-refractivity contribution in [2.75, 3.05) is 11.6 Å². The lowest BCUT2D eigenvalue weighted by atomic mass is 10.2. The normalized spacial score (nSPS) is 9.83. The average molecular weight is 258 g/mol. The number of nitrogens with zero attached hydrogens (tertiary/aromatic N) is 1. The fourth-order valence-corrected chi connectivity index (χ4v) is 2.14. The number of nitrogens with one attached hydrogen (secondary N) is 1. The van der Waals surface area contributed by atoms with Crippen LogP contribution in [-0.4, -0.2) is 6.26 Å². The summed E-state index contributed by atoms with van der Waals surface area (Å²) < 4.78 is 13.5. The van der Waals surface area contributed by atoms with E-state index in [1.165, 1.54) is 12.1 Å². The minimum absolute atomic E-state index is 0.0544. The van der Waals surface area contributed by atoms with E-state index in [2.05, 4.69) is 5.32 Å². The molecule has 0 fully saturated rings. The Morgan fingerprint density at radius 3 is 2.67 bits per heavy atom. The molecule has 0 spiro atoms. The van der Waals surface area contributed by atoms with Crippen LogP contribution in [-0.2, 0) is 0 Å². The zero-order valence-electron chi connectivity index (χ0n) is 9.77. The van der Waals surface area contributed by atoms with Gasteiger partial charge in [-0.1, -0.05) is 12.1 Å². The lowest BCUT2D eigenvalue weighted by molar-refractivity contribution is 0.624. The van der Waals surface area contributed by atoms with Gasteiger partial charge in [0.2, 0.25) is 0 Å². The van der Waals surface area contributed by atoms with E-state index in [1.807, 2.05) is 30.5 Å². The molecule has 0 bridgehead atoms. The van der Waals surface area contributed by atoms with Crippen LogP contribution in [0, 0.1) is 17.1 Å². The predicted molar refractivity (Wildman–Crippen MR) is 72.6 cm³/mol. The van der Waals surface area contributed by atoms with Gasteiger partial charge < -0.3 is 5.32 Å². The number of para-hydroxylation sites is 1. The molecular formula is C14H11FN2S. The molecule has 1 N–H and O–H groups in total. The Morgan fingerprint density at radius 1 is 1.22 bits per heavy atom. The standard InChI is InChI=1S/C14H11FN2S/c1-18-14-5-3-2-4-13(14)17-11-7-6-10(9-16)12(15)8-11/h2-8,17H,1H3. The second kappa shape index (κ2) is 5.56. The van der Waals surface area contributed by atoms with Gasteiger partial charge in [-0.15, -0.1) is 11.8 Å². The van der Waals surface area contributed by atoms with Crippen LogP contribution in [0.25, 0.3) is 0 Å². The van der Waals surface area contributed by atoms with Crippen molar-refractivity contribution in [3.63, 3.8) is 0 Å². The molecule has 0 amide bonds. The minimum Gasteiger partial charge on any atom is -0.355 e. The highest BCUT2D eigenvalue weighted by Crippen LogP contribution is 2.28. The second-order valence-corrected chi connectivity index (χ2v) is 4.48. The number of benzene rings is 2. The topological polar surface area (TPSA) is 35.8 Å². The number of rotatable bonds is 3. The summed E-state index contributed by atoms with van der Waals surface area (Å²) in [5.41, 5.74) is 1.61. The van der Waals surface area contributed by atoms with Gasteiger partial charge in [0, 0.05) is 10.6 Å². The number of hydrogen-bond donors (Lipinski definition) is 1. The van der Waals surface area contributed by atoms with E-state index in [0.29, 0.717) is 5.69 Å². The van der Waals surface area contributed by atoms with Crippen LogP contribution in [0.5, 0.6) is 0 Å². The van der Waals surface area contributed by atoms with Gasteiger partial charge in [-0.3, -0.25) is 0 Å². The maximum Gasteiger partial charge on any atom is 0.143 e. The van der Waals surface area contributed by atoms with Crippen LogP contribution in [0.3, 0.4) is 0 Å². The molecule has 18 heavy (non-hydrogen) atoms. The highest BCUT2D eigenvalue weighted by Gasteiger charge is 2.04. The molecule has 2 aromatic rings. The van der Waals surface area contributed by atoms with E-state index in [9.17, 15) is 4.39 Å². The molecular weight excluding hydrogens is 247 g/mol. The second-order valence-electron chi connectivity index (χ2n) is 3.63. The molecule has 2 nitrogen and oxygen atoms in total. The van der Waals surface area contributed by atoms with E-state index in [1.54, 1.807) is 23.9 Å². The van der Waals surface area contributed by atoms with Crippen molar-refractivity contribution < 1.29 is 4.39 Å². The Bertz CT molecular complexity index is 605. The molecule has 90 valence electrons. The molecule has 4 heteroatoms. The maximum atomic E-state index is 13.5. The monoisotopic (exact) mass is 258 g/mol. The van der Waals surface area contributed by atoms with Crippen molar-refractivity contribution in [2.45, 2.75) is 4.90 Å². The highest BCUT2D eigenvalue weighted by atomic mass is 32.2.